The molecule has 0 atom stereocenters. The minimum atomic E-state index is 0.275. The Balaban J connectivity index is 2.20. The predicted molar refractivity (Wildman–Crippen MR) is 69.4 cm³/mol. The van der Waals surface area contributed by atoms with Crippen molar-refractivity contribution in [2.45, 2.75) is 26.3 Å². The highest BCUT2D eigenvalue weighted by Crippen LogP contribution is 2.13. The molecule has 0 spiro atoms. The van der Waals surface area contributed by atoms with E-state index in [1.165, 1.54) is 0 Å². The lowest BCUT2D eigenvalue weighted by atomic mass is 10.2. The predicted octanol–water partition coefficient (Wildman–Crippen LogP) is 1.10. The van der Waals surface area contributed by atoms with Gasteiger partial charge in [-0.3, -0.25) is 0 Å². The Bertz CT molecular complexity index is 504. The largest absolute Gasteiger partial charge is 0.508 e. The quantitative estimate of drug-likeness (QED) is 0.828. The van der Waals surface area contributed by atoms with Crippen molar-refractivity contribution in [2.24, 2.45) is 5.73 Å². The van der Waals surface area contributed by atoms with Crippen LogP contribution in [0.4, 0.5) is 0 Å². The van der Waals surface area contributed by atoms with Crippen LogP contribution in [0.3, 0.4) is 0 Å². The smallest absolute Gasteiger partial charge is 0.115 e. The number of nitrogens with two attached hydrogens (primary N) is 1. The summed E-state index contributed by atoms with van der Waals surface area (Å²) in [6, 6.07) is 7.13. The Hall–Kier alpha value is -1.88. The van der Waals surface area contributed by atoms with Gasteiger partial charge in [0.15, 0.2) is 0 Å². The lowest BCUT2D eigenvalue weighted by Gasteiger charge is -2.06. The van der Waals surface area contributed by atoms with Crippen molar-refractivity contribution in [3.8, 4) is 5.75 Å². The number of hydrogen-bond donors (Lipinski definition) is 2. The third-order valence-corrected chi connectivity index (χ3v) is 2.90. The molecule has 1 aromatic heterocycles. The molecule has 5 nitrogen and oxygen atoms in total. The summed E-state index contributed by atoms with van der Waals surface area (Å²) in [6.07, 6.45) is 1.65. The number of benzene rings is 1. The number of aromatic nitrogens is 3. The summed E-state index contributed by atoms with van der Waals surface area (Å²) in [6.45, 7) is 3.35. The topological polar surface area (TPSA) is 77.0 Å². The van der Waals surface area contributed by atoms with E-state index in [1.54, 1.807) is 12.1 Å². The molecule has 96 valence electrons. The van der Waals surface area contributed by atoms with Crippen LogP contribution in [0, 0.1) is 0 Å². The Morgan fingerprint density at radius 3 is 2.61 bits per heavy atom. The van der Waals surface area contributed by atoms with Crippen molar-refractivity contribution in [3.63, 3.8) is 0 Å². The molecule has 18 heavy (non-hydrogen) atoms. The van der Waals surface area contributed by atoms with Gasteiger partial charge in [-0.1, -0.05) is 24.3 Å². The van der Waals surface area contributed by atoms with Crippen LogP contribution in [-0.2, 0) is 19.4 Å². The summed E-state index contributed by atoms with van der Waals surface area (Å²) in [5, 5.41) is 17.6. The molecule has 0 fully saturated rings. The summed E-state index contributed by atoms with van der Waals surface area (Å²) in [5.74, 6) is 0.275. The number of aromatic hydroxyl groups is 1. The molecule has 0 aliphatic carbocycles. The first kappa shape index (κ1) is 12.6. The number of hydrogen-bond acceptors (Lipinski definition) is 4. The van der Waals surface area contributed by atoms with Crippen LogP contribution < -0.4 is 5.73 Å². The van der Waals surface area contributed by atoms with Crippen LogP contribution in [0.2, 0.25) is 0 Å². The molecule has 0 aliphatic heterocycles. The van der Waals surface area contributed by atoms with Gasteiger partial charge in [-0.05, 0) is 30.7 Å². The standard InChI is InChI=1S/C13H18N4O/c1-2-13-12(7-8-14)15-16-17(13)9-10-3-5-11(18)6-4-10/h3-6,18H,2,7-9,14H2,1H3. The van der Waals surface area contributed by atoms with Gasteiger partial charge in [0.1, 0.15) is 5.75 Å². The van der Waals surface area contributed by atoms with Crippen molar-refractivity contribution in [1.82, 2.24) is 15.0 Å². The Morgan fingerprint density at radius 1 is 1.28 bits per heavy atom. The first-order valence-electron chi connectivity index (χ1n) is 6.13. The maximum atomic E-state index is 9.25. The zero-order chi connectivity index (χ0) is 13.0. The Labute approximate surface area is 106 Å². The molecule has 2 rings (SSSR count). The molecule has 5 heteroatoms. The minimum Gasteiger partial charge on any atom is -0.508 e. The van der Waals surface area contributed by atoms with Gasteiger partial charge in [-0.15, -0.1) is 5.10 Å². The van der Waals surface area contributed by atoms with Gasteiger partial charge in [0, 0.05) is 6.42 Å². The van der Waals surface area contributed by atoms with E-state index in [2.05, 4.69) is 17.2 Å². The van der Waals surface area contributed by atoms with E-state index in [0.717, 1.165) is 29.8 Å². The zero-order valence-corrected chi connectivity index (χ0v) is 10.5. The van der Waals surface area contributed by atoms with Crippen molar-refractivity contribution in [2.75, 3.05) is 6.54 Å². The van der Waals surface area contributed by atoms with Crippen LogP contribution in [-0.4, -0.2) is 26.6 Å². The van der Waals surface area contributed by atoms with Gasteiger partial charge in [-0.25, -0.2) is 4.68 Å². The zero-order valence-electron chi connectivity index (χ0n) is 10.5. The van der Waals surface area contributed by atoms with Crippen molar-refractivity contribution < 1.29 is 5.11 Å². The molecule has 2 aromatic rings. The molecule has 0 unspecified atom stereocenters. The molecular weight excluding hydrogens is 228 g/mol. The van der Waals surface area contributed by atoms with E-state index in [0.29, 0.717) is 13.1 Å². The highest BCUT2D eigenvalue weighted by molar-refractivity contribution is 5.26. The maximum absolute atomic E-state index is 9.25. The van der Waals surface area contributed by atoms with Gasteiger partial charge < -0.3 is 10.8 Å². The van der Waals surface area contributed by atoms with Gasteiger partial charge >= 0.3 is 0 Å². The van der Waals surface area contributed by atoms with Gasteiger partial charge in [-0.2, -0.15) is 0 Å². The summed E-state index contributed by atoms with van der Waals surface area (Å²) in [4.78, 5) is 0. The second-order valence-electron chi connectivity index (χ2n) is 4.20. The summed E-state index contributed by atoms with van der Waals surface area (Å²) < 4.78 is 1.90. The van der Waals surface area contributed by atoms with E-state index in [1.807, 2.05) is 16.8 Å². The fourth-order valence-corrected chi connectivity index (χ4v) is 1.99. The van der Waals surface area contributed by atoms with E-state index >= 15 is 0 Å². The second-order valence-corrected chi connectivity index (χ2v) is 4.20. The van der Waals surface area contributed by atoms with Gasteiger partial charge in [0.05, 0.1) is 17.9 Å². The monoisotopic (exact) mass is 246 g/mol. The minimum absolute atomic E-state index is 0.275. The number of phenols is 1. The van der Waals surface area contributed by atoms with Crippen molar-refractivity contribution in [1.29, 1.82) is 0 Å². The maximum Gasteiger partial charge on any atom is 0.115 e. The average molecular weight is 246 g/mol. The van der Waals surface area contributed by atoms with E-state index in [-0.39, 0.29) is 5.75 Å². The van der Waals surface area contributed by atoms with E-state index in [4.69, 9.17) is 5.73 Å². The van der Waals surface area contributed by atoms with E-state index in [9.17, 15) is 5.11 Å². The average Bonchev–Trinajstić information content (AvgIpc) is 2.75. The van der Waals surface area contributed by atoms with E-state index < -0.39 is 0 Å². The van der Waals surface area contributed by atoms with Crippen LogP contribution >= 0.6 is 0 Å². The Kier molecular flexibility index (Phi) is 3.94. The molecule has 1 aromatic carbocycles. The van der Waals surface area contributed by atoms with Crippen LogP contribution in [0.1, 0.15) is 23.9 Å². The lowest BCUT2D eigenvalue weighted by molar-refractivity contribution is 0.475. The molecule has 0 aliphatic rings. The number of phenolic OH excluding ortho intramolecular Hbond substituents is 1. The molecule has 0 saturated heterocycles. The van der Waals surface area contributed by atoms with Crippen molar-refractivity contribution >= 4 is 0 Å². The first-order valence-corrected chi connectivity index (χ1v) is 6.13. The molecule has 0 radical (unpaired) electrons. The third kappa shape index (κ3) is 2.68. The molecular formula is C13H18N4O. The highest BCUT2D eigenvalue weighted by Gasteiger charge is 2.10. The SMILES string of the molecule is CCc1c(CCN)nnn1Cc1ccc(O)cc1. The summed E-state index contributed by atoms with van der Waals surface area (Å²) >= 11 is 0. The number of rotatable bonds is 5. The first-order chi connectivity index (χ1) is 8.74. The fraction of sp³-hybridized carbons (Fsp3) is 0.385. The van der Waals surface area contributed by atoms with Gasteiger partial charge in [0.25, 0.3) is 0 Å². The molecule has 0 amide bonds. The lowest BCUT2D eigenvalue weighted by Crippen LogP contribution is -2.08. The summed E-state index contributed by atoms with van der Waals surface area (Å²) in [5.41, 5.74) is 8.77. The van der Waals surface area contributed by atoms with Crippen LogP contribution in [0.15, 0.2) is 24.3 Å². The highest BCUT2D eigenvalue weighted by atomic mass is 16.3. The van der Waals surface area contributed by atoms with Crippen LogP contribution in [0.5, 0.6) is 5.75 Å². The number of nitrogens with zero attached hydrogens (tertiary/aromatic N) is 3. The van der Waals surface area contributed by atoms with Crippen molar-refractivity contribution in [3.05, 3.63) is 41.2 Å². The molecule has 1 heterocycles. The molecule has 3 N–H and O–H groups in total. The summed E-state index contributed by atoms with van der Waals surface area (Å²) in [7, 11) is 0. The second kappa shape index (κ2) is 5.64. The van der Waals surface area contributed by atoms with Gasteiger partial charge in [0.2, 0.25) is 0 Å². The Morgan fingerprint density at radius 2 is 2.00 bits per heavy atom. The molecule has 0 bridgehead atoms. The van der Waals surface area contributed by atoms with Crippen LogP contribution in [0.25, 0.3) is 0 Å². The fourth-order valence-electron chi connectivity index (χ4n) is 1.99. The molecule has 0 saturated carbocycles. The normalized spacial score (nSPS) is 10.8. The third-order valence-electron chi connectivity index (χ3n) is 2.90.